The molecule has 26 heavy (non-hydrogen) atoms. The zero-order chi connectivity index (χ0) is 18.7. The van der Waals surface area contributed by atoms with Crippen LogP contribution in [0.3, 0.4) is 0 Å². The van der Waals surface area contributed by atoms with Crippen molar-refractivity contribution in [1.29, 1.82) is 0 Å². The number of hydrogen-bond acceptors (Lipinski definition) is 3. The molecule has 2 unspecified atom stereocenters. The van der Waals surface area contributed by atoms with Gasteiger partial charge in [-0.2, -0.15) is 0 Å². The first-order valence-corrected chi connectivity index (χ1v) is 9.20. The maximum absolute atomic E-state index is 14.3. The second kappa shape index (κ2) is 7.99. The SMILES string of the molecule is CC1CN(C(=O)OCc2ccccc2)C(Cc2cccc(Br)c2F)C1=O. The van der Waals surface area contributed by atoms with Crippen LogP contribution in [0.25, 0.3) is 0 Å². The van der Waals surface area contributed by atoms with Gasteiger partial charge < -0.3 is 4.74 Å². The number of nitrogens with zero attached hydrogens (tertiary/aromatic N) is 1. The minimum Gasteiger partial charge on any atom is -0.445 e. The lowest BCUT2D eigenvalue weighted by Gasteiger charge is -2.23. The highest BCUT2D eigenvalue weighted by Crippen LogP contribution is 2.26. The van der Waals surface area contributed by atoms with Gasteiger partial charge in [0, 0.05) is 18.9 Å². The van der Waals surface area contributed by atoms with Crippen LogP contribution >= 0.6 is 15.9 Å². The van der Waals surface area contributed by atoms with Gasteiger partial charge in [-0.1, -0.05) is 49.4 Å². The summed E-state index contributed by atoms with van der Waals surface area (Å²) < 4.78 is 20.0. The summed E-state index contributed by atoms with van der Waals surface area (Å²) in [5.41, 5.74) is 1.27. The average Bonchev–Trinajstić information content (AvgIpc) is 2.93. The average molecular weight is 420 g/mol. The standard InChI is InChI=1S/C20H19BrFNO3/c1-13-11-23(20(25)26-12-14-6-3-2-4-7-14)17(19(13)24)10-15-8-5-9-16(21)18(15)22/h2-9,13,17H,10-12H2,1H3. The number of likely N-dealkylation sites (tertiary alicyclic amines) is 1. The number of hydrogen-bond donors (Lipinski definition) is 0. The van der Waals surface area contributed by atoms with E-state index >= 15 is 0 Å². The fourth-order valence-electron chi connectivity index (χ4n) is 3.12. The lowest BCUT2D eigenvalue weighted by molar-refractivity contribution is -0.122. The van der Waals surface area contributed by atoms with Crippen LogP contribution in [0.15, 0.2) is 53.0 Å². The molecule has 136 valence electrons. The molecule has 1 aliphatic rings. The first kappa shape index (κ1) is 18.6. The largest absolute Gasteiger partial charge is 0.445 e. The van der Waals surface area contributed by atoms with Crippen LogP contribution in [0.1, 0.15) is 18.1 Å². The van der Waals surface area contributed by atoms with Gasteiger partial charge in [0.05, 0.1) is 10.5 Å². The Bertz CT molecular complexity index is 812. The van der Waals surface area contributed by atoms with Crippen LogP contribution in [0, 0.1) is 11.7 Å². The molecule has 2 aromatic rings. The summed E-state index contributed by atoms with van der Waals surface area (Å²) in [6, 6.07) is 13.6. The van der Waals surface area contributed by atoms with Crippen molar-refractivity contribution in [3.63, 3.8) is 0 Å². The summed E-state index contributed by atoms with van der Waals surface area (Å²) in [6.07, 6.45) is -0.415. The van der Waals surface area contributed by atoms with E-state index in [4.69, 9.17) is 4.74 Å². The van der Waals surface area contributed by atoms with Crippen molar-refractivity contribution in [2.24, 2.45) is 5.92 Å². The predicted molar refractivity (Wildman–Crippen MR) is 99.1 cm³/mol. The molecule has 0 saturated carbocycles. The summed E-state index contributed by atoms with van der Waals surface area (Å²) in [7, 11) is 0. The molecule has 1 heterocycles. The van der Waals surface area contributed by atoms with Gasteiger partial charge in [-0.15, -0.1) is 0 Å². The van der Waals surface area contributed by atoms with Crippen LogP contribution in [0.4, 0.5) is 9.18 Å². The van der Waals surface area contributed by atoms with Crippen LogP contribution in [-0.2, 0) is 22.6 Å². The van der Waals surface area contributed by atoms with E-state index in [1.807, 2.05) is 30.3 Å². The molecule has 3 rings (SSSR count). The van der Waals surface area contributed by atoms with Gasteiger partial charge in [-0.25, -0.2) is 9.18 Å². The summed E-state index contributed by atoms with van der Waals surface area (Å²) in [5, 5.41) is 0. The summed E-state index contributed by atoms with van der Waals surface area (Å²) in [5.74, 6) is -0.766. The molecule has 1 saturated heterocycles. The first-order valence-electron chi connectivity index (χ1n) is 8.41. The minimum absolute atomic E-state index is 0.0685. The number of carbonyl (C=O) groups is 2. The third-order valence-electron chi connectivity index (χ3n) is 4.55. The molecule has 4 nitrogen and oxygen atoms in total. The number of carbonyl (C=O) groups excluding carboxylic acids is 2. The molecule has 0 radical (unpaired) electrons. The fraction of sp³-hybridized carbons (Fsp3) is 0.300. The predicted octanol–water partition coefficient (Wildman–Crippen LogP) is 4.36. The first-order chi connectivity index (χ1) is 12.5. The van der Waals surface area contributed by atoms with Crippen molar-refractivity contribution in [2.45, 2.75) is 26.0 Å². The van der Waals surface area contributed by atoms with E-state index in [0.717, 1.165) is 5.56 Å². The molecule has 1 amide bonds. The molecular formula is C20H19BrFNO3. The Hall–Kier alpha value is -2.21. The van der Waals surface area contributed by atoms with Gasteiger partial charge in [0.15, 0.2) is 5.78 Å². The molecule has 1 aliphatic heterocycles. The minimum atomic E-state index is -0.711. The number of halogens is 2. The maximum Gasteiger partial charge on any atom is 0.410 e. The maximum atomic E-state index is 14.3. The molecule has 2 aromatic carbocycles. The van der Waals surface area contributed by atoms with Gasteiger partial charge in [-0.05, 0) is 33.1 Å². The monoisotopic (exact) mass is 419 g/mol. The van der Waals surface area contributed by atoms with E-state index in [1.54, 1.807) is 25.1 Å². The van der Waals surface area contributed by atoms with Gasteiger partial charge in [-0.3, -0.25) is 9.69 Å². The molecule has 0 bridgehead atoms. The van der Waals surface area contributed by atoms with Crippen molar-refractivity contribution in [3.8, 4) is 0 Å². The smallest absolute Gasteiger partial charge is 0.410 e. The second-order valence-corrected chi connectivity index (χ2v) is 7.28. The summed E-state index contributed by atoms with van der Waals surface area (Å²) in [4.78, 5) is 26.4. The number of ketones is 1. The van der Waals surface area contributed by atoms with E-state index in [0.29, 0.717) is 10.0 Å². The lowest BCUT2D eigenvalue weighted by atomic mass is 9.99. The zero-order valence-corrected chi connectivity index (χ0v) is 15.9. The number of benzene rings is 2. The van der Waals surface area contributed by atoms with E-state index < -0.39 is 18.0 Å². The summed E-state index contributed by atoms with van der Waals surface area (Å²) in [6.45, 7) is 2.19. The number of Topliss-reactive ketones (excluding diaryl/α,β-unsaturated/α-hetero) is 1. The third kappa shape index (κ3) is 3.96. The van der Waals surface area contributed by atoms with Gasteiger partial charge in [0.1, 0.15) is 12.4 Å². The Labute approximate surface area is 160 Å². The normalized spacial score (nSPS) is 19.7. The highest BCUT2D eigenvalue weighted by Gasteiger charge is 2.41. The van der Waals surface area contributed by atoms with Crippen molar-refractivity contribution in [2.75, 3.05) is 6.54 Å². The van der Waals surface area contributed by atoms with E-state index in [-0.39, 0.29) is 31.3 Å². The molecule has 6 heteroatoms. The molecular weight excluding hydrogens is 401 g/mol. The topological polar surface area (TPSA) is 46.6 Å². The molecule has 2 atom stereocenters. The van der Waals surface area contributed by atoms with Gasteiger partial charge >= 0.3 is 6.09 Å². The Morgan fingerprint density at radius 1 is 1.23 bits per heavy atom. The molecule has 0 aromatic heterocycles. The Morgan fingerprint density at radius 2 is 1.96 bits per heavy atom. The lowest BCUT2D eigenvalue weighted by Crippen LogP contribution is -2.40. The Morgan fingerprint density at radius 3 is 2.69 bits per heavy atom. The molecule has 1 fully saturated rings. The van der Waals surface area contributed by atoms with Crippen molar-refractivity contribution in [1.82, 2.24) is 4.90 Å². The van der Waals surface area contributed by atoms with Crippen LogP contribution in [0.2, 0.25) is 0 Å². The van der Waals surface area contributed by atoms with Crippen molar-refractivity contribution in [3.05, 3.63) is 69.9 Å². The number of ether oxygens (including phenoxy) is 1. The van der Waals surface area contributed by atoms with E-state index in [1.165, 1.54) is 4.90 Å². The molecule has 0 aliphatic carbocycles. The second-order valence-electron chi connectivity index (χ2n) is 6.43. The molecule has 0 N–H and O–H groups in total. The summed E-state index contributed by atoms with van der Waals surface area (Å²) >= 11 is 3.15. The fourth-order valence-corrected chi connectivity index (χ4v) is 3.53. The number of amides is 1. The zero-order valence-electron chi connectivity index (χ0n) is 14.3. The Balaban J connectivity index is 1.73. The van der Waals surface area contributed by atoms with E-state index in [2.05, 4.69) is 15.9 Å². The Kier molecular flexibility index (Phi) is 5.71. The molecule has 0 spiro atoms. The highest BCUT2D eigenvalue weighted by atomic mass is 79.9. The third-order valence-corrected chi connectivity index (χ3v) is 5.16. The highest BCUT2D eigenvalue weighted by molar-refractivity contribution is 9.10. The van der Waals surface area contributed by atoms with Crippen molar-refractivity contribution < 1.29 is 18.7 Å². The van der Waals surface area contributed by atoms with Crippen LogP contribution in [0.5, 0.6) is 0 Å². The van der Waals surface area contributed by atoms with Crippen LogP contribution in [-0.4, -0.2) is 29.4 Å². The van der Waals surface area contributed by atoms with Gasteiger partial charge in [0.2, 0.25) is 0 Å². The van der Waals surface area contributed by atoms with Crippen LogP contribution < -0.4 is 0 Å². The number of rotatable bonds is 4. The van der Waals surface area contributed by atoms with E-state index in [9.17, 15) is 14.0 Å². The van der Waals surface area contributed by atoms with Crippen molar-refractivity contribution >= 4 is 27.8 Å². The quantitative estimate of drug-likeness (QED) is 0.739. The van der Waals surface area contributed by atoms with Gasteiger partial charge in [0.25, 0.3) is 0 Å².